The Kier molecular flexibility index (Phi) is 7.24. The van der Waals surface area contributed by atoms with Crippen LogP contribution in [-0.2, 0) is 10.9 Å². The van der Waals surface area contributed by atoms with Crippen molar-refractivity contribution in [2.45, 2.75) is 13.1 Å². The summed E-state index contributed by atoms with van der Waals surface area (Å²) in [5.74, 6) is -1.83. The molecule has 0 aliphatic carbocycles. The van der Waals surface area contributed by atoms with Crippen LogP contribution < -0.4 is 14.8 Å². The first-order valence-electron chi connectivity index (χ1n) is 9.83. The Bertz CT molecular complexity index is 1200. The third kappa shape index (κ3) is 5.55. The first-order valence-corrected chi connectivity index (χ1v) is 9.83. The number of nitrogens with one attached hydrogen (secondary N) is 1. The summed E-state index contributed by atoms with van der Waals surface area (Å²) in [6.07, 6.45) is -3.22. The van der Waals surface area contributed by atoms with E-state index in [1.807, 2.05) is 0 Å². The van der Waals surface area contributed by atoms with E-state index in [9.17, 15) is 27.9 Å². The third-order valence-electron chi connectivity index (χ3n) is 4.47. The number of alkyl halides is 3. The van der Waals surface area contributed by atoms with Crippen LogP contribution in [0.25, 0.3) is 0 Å². The van der Waals surface area contributed by atoms with E-state index < -0.39 is 29.4 Å². The molecular weight excluding hydrogens is 457 g/mol. The van der Waals surface area contributed by atoms with Crippen molar-refractivity contribution in [1.82, 2.24) is 4.98 Å². The highest BCUT2D eigenvalue weighted by Crippen LogP contribution is 2.33. The van der Waals surface area contributed by atoms with Crippen molar-refractivity contribution in [3.05, 3.63) is 71.5 Å². The molecule has 34 heavy (non-hydrogen) atoms. The first kappa shape index (κ1) is 24.4. The minimum absolute atomic E-state index is 0.0334. The second kappa shape index (κ2) is 10.1. The minimum Gasteiger partial charge on any atom is -0.503 e. The number of halogens is 3. The number of aromatic hydroxyl groups is 1. The number of ether oxygens (including phenoxy) is 3. The molecule has 1 heterocycles. The Morgan fingerprint density at radius 3 is 2.35 bits per heavy atom. The molecule has 178 valence electrons. The second-order valence-corrected chi connectivity index (χ2v) is 6.72. The van der Waals surface area contributed by atoms with Crippen LogP contribution in [-0.4, -0.2) is 35.7 Å². The van der Waals surface area contributed by atoms with E-state index in [1.54, 1.807) is 6.92 Å². The SMILES string of the molecule is CCOC(=O)c1cc(Oc2ccc(C(F)(F)F)cc2)ccc1NC(=O)c1nccc(OC)c1O. The van der Waals surface area contributed by atoms with Crippen LogP contribution >= 0.6 is 0 Å². The van der Waals surface area contributed by atoms with E-state index in [0.717, 1.165) is 24.3 Å². The lowest BCUT2D eigenvalue weighted by molar-refractivity contribution is -0.137. The highest BCUT2D eigenvalue weighted by Gasteiger charge is 2.30. The van der Waals surface area contributed by atoms with Gasteiger partial charge in [0, 0.05) is 12.3 Å². The summed E-state index contributed by atoms with van der Waals surface area (Å²) in [6, 6.07) is 9.39. The van der Waals surface area contributed by atoms with Crippen LogP contribution in [0.15, 0.2) is 54.7 Å². The predicted octanol–water partition coefficient (Wildman–Crippen LogP) is 5.04. The molecule has 2 N–H and O–H groups in total. The smallest absolute Gasteiger partial charge is 0.416 e. The Morgan fingerprint density at radius 2 is 1.74 bits per heavy atom. The van der Waals surface area contributed by atoms with E-state index in [2.05, 4.69) is 10.3 Å². The molecule has 0 spiro atoms. The summed E-state index contributed by atoms with van der Waals surface area (Å²) >= 11 is 0. The predicted molar refractivity (Wildman–Crippen MR) is 114 cm³/mol. The normalized spacial score (nSPS) is 11.0. The number of carbonyl (C=O) groups excluding carboxylic acids is 2. The topological polar surface area (TPSA) is 107 Å². The quantitative estimate of drug-likeness (QED) is 0.460. The zero-order chi connectivity index (χ0) is 24.9. The van der Waals surface area contributed by atoms with Crippen molar-refractivity contribution in [3.8, 4) is 23.0 Å². The molecule has 1 amide bonds. The number of hydrogen-bond donors (Lipinski definition) is 2. The molecule has 0 bridgehead atoms. The molecule has 0 aliphatic rings. The van der Waals surface area contributed by atoms with Crippen molar-refractivity contribution in [1.29, 1.82) is 0 Å². The molecule has 2 aromatic carbocycles. The molecule has 0 saturated heterocycles. The van der Waals surface area contributed by atoms with Crippen molar-refractivity contribution in [3.63, 3.8) is 0 Å². The van der Waals surface area contributed by atoms with Crippen LogP contribution in [0.5, 0.6) is 23.0 Å². The maximum absolute atomic E-state index is 12.7. The van der Waals surface area contributed by atoms with Gasteiger partial charge in [-0.2, -0.15) is 13.2 Å². The summed E-state index contributed by atoms with van der Waals surface area (Å²) in [7, 11) is 1.31. The van der Waals surface area contributed by atoms with E-state index >= 15 is 0 Å². The Labute approximate surface area is 191 Å². The fourth-order valence-corrected chi connectivity index (χ4v) is 2.87. The van der Waals surface area contributed by atoms with Gasteiger partial charge in [-0.1, -0.05) is 0 Å². The highest BCUT2D eigenvalue weighted by atomic mass is 19.4. The Morgan fingerprint density at radius 1 is 1.06 bits per heavy atom. The summed E-state index contributed by atoms with van der Waals surface area (Å²) in [4.78, 5) is 29.0. The van der Waals surface area contributed by atoms with Gasteiger partial charge in [-0.05, 0) is 49.4 Å². The Hall–Kier alpha value is -4.28. The number of rotatable bonds is 7. The van der Waals surface area contributed by atoms with Crippen LogP contribution in [0.2, 0.25) is 0 Å². The summed E-state index contributed by atoms with van der Waals surface area (Å²) in [5.41, 5.74) is -1.21. The summed E-state index contributed by atoms with van der Waals surface area (Å²) in [6.45, 7) is 1.64. The monoisotopic (exact) mass is 476 g/mol. The average molecular weight is 476 g/mol. The summed E-state index contributed by atoms with van der Waals surface area (Å²) in [5, 5.41) is 12.6. The molecule has 0 atom stereocenters. The number of carbonyl (C=O) groups is 2. The van der Waals surface area contributed by atoms with Crippen molar-refractivity contribution < 1.29 is 42.1 Å². The number of benzene rings is 2. The molecule has 0 fully saturated rings. The molecule has 0 radical (unpaired) electrons. The fraction of sp³-hybridized carbons (Fsp3) is 0.174. The van der Waals surface area contributed by atoms with Crippen molar-refractivity contribution in [2.75, 3.05) is 19.0 Å². The lowest BCUT2D eigenvalue weighted by atomic mass is 10.1. The molecule has 0 saturated carbocycles. The molecule has 11 heteroatoms. The molecular formula is C23H19F3N2O6. The second-order valence-electron chi connectivity index (χ2n) is 6.72. The molecule has 0 aliphatic heterocycles. The van der Waals surface area contributed by atoms with Crippen LogP contribution in [0.4, 0.5) is 18.9 Å². The lowest BCUT2D eigenvalue weighted by Gasteiger charge is -2.14. The molecule has 0 unspecified atom stereocenters. The van der Waals surface area contributed by atoms with Crippen LogP contribution in [0.3, 0.4) is 0 Å². The maximum Gasteiger partial charge on any atom is 0.416 e. The van der Waals surface area contributed by atoms with Gasteiger partial charge in [-0.15, -0.1) is 0 Å². The number of nitrogens with zero attached hydrogens (tertiary/aromatic N) is 1. The van der Waals surface area contributed by atoms with E-state index in [-0.39, 0.29) is 40.8 Å². The number of hydrogen-bond acceptors (Lipinski definition) is 7. The van der Waals surface area contributed by atoms with Gasteiger partial charge < -0.3 is 24.6 Å². The zero-order valence-electron chi connectivity index (χ0n) is 18.0. The fourth-order valence-electron chi connectivity index (χ4n) is 2.87. The largest absolute Gasteiger partial charge is 0.503 e. The van der Waals surface area contributed by atoms with Gasteiger partial charge in [0.15, 0.2) is 17.2 Å². The average Bonchev–Trinajstić information content (AvgIpc) is 2.80. The van der Waals surface area contributed by atoms with E-state index in [1.165, 1.54) is 37.6 Å². The highest BCUT2D eigenvalue weighted by molar-refractivity contribution is 6.08. The third-order valence-corrected chi connectivity index (χ3v) is 4.47. The molecule has 8 nitrogen and oxygen atoms in total. The van der Waals surface area contributed by atoms with Gasteiger partial charge in [0.25, 0.3) is 5.91 Å². The van der Waals surface area contributed by atoms with Gasteiger partial charge in [-0.25, -0.2) is 9.78 Å². The number of amides is 1. The van der Waals surface area contributed by atoms with E-state index in [0.29, 0.717) is 0 Å². The molecule has 3 aromatic rings. The van der Waals surface area contributed by atoms with Gasteiger partial charge in [0.2, 0.25) is 0 Å². The molecule has 3 rings (SSSR count). The Balaban J connectivity index is 1.88. The van der Waals surface area contributed by atoms with E-state index in [4.69, 9.17) is 14.2 Å². The van der Waals surface area contributed by atoms with Crippen LogP contribution in [0.1, 0.15) is 33.3 Å². The van der Waals surface area contributed by atoms with Crippen molar-refractivity contribution >= 4 is 17.6 Å². The number of methoxy groups -OCH3 is 1. The van der Waals surface area contributed by atoms with Gasteiger partial charge in [0.1, 0.15) is 11.5 Å². The number of esters is 1. The molecule has 1 aromatic heterocycles. The first-order chi connectivity index (χ1) is 16.1. The van der Waals surface area contributed by atoms with Crippen molar-refractivity contribution in [2.24, 2.45) is 0 Å². The van der Waals surface area contributed by atoms with Gasteiger partial charge in [0.05, 0.1) is 30.5 Å². The van der Waals surface area contributed by atoms with Gasteiger partial charge >= 0.3 is 12.1 Å². The lowest BCUT2D eigenvalue weighted by Crippen LogP contribution is -2.17. The number of pyridine rings is 1. The minimum atomic E-state index is -4.48. The number of aromatic nitrogens is 1. The van der Waals surface area contributed by atoms with Crippen LogP contribution in [0, 0.1) is 0 Å². The maximum atomic E-state index is 12.7. The van der Waals surface area contributed by atoms with Gasteiger partial charge in [-0.3, -0.25) is 4.79 Å². The standard InChI is InChI=1S/C23H19F3N2O6/c1-3-33-22(31)16-12-15(34-14-6-4-13(5-7-14)23(24,25)26)8-9-17(16)28-21(30)19-20(29)18(32-2)10-11-27-19/h4-12,29H,3H2,1-2H3,(H,28,30). The number of anilines is 1. The summed E-state index contributed by atoms with van der Waals surface area (Å²) < 4.78 is 53.8. The zero-order valence-corrected chi connectivity index (χ0v) is 18.0.